The summed E-state index contributed by atoms with van der Waals surface area (Å²) in [6.45, 7) is 0. The van der Waals surface area contributed by atoms with Gasteiger partial charge in [-0.3, -0.25) is 0 Å². The Hall–Kier alpha value is -8.60. The van der Waals surface area contributed by atoms with Crippen LogP contribution in [-0.4, -0.2) is 4.57 Å². The maximum Gasteiger partial charge on any atom is 0.138 e. The summed E-state index contributed by atoms with van der Waals surface area (Å²) in [5.41, 5.74) is 17.0. The Morgan fingerprint density at radius 2 is 0.844 bits per heavy atom. The molecule has 0 N–H and O–H groups in total. The predicted molar refractivity (Wildman–Crippen MR) is 266 cm³/mol. The SMILES string of the molecule is c1ccc(-c2c3c(cc4c2c2ccc(-c5cccc6oc7ccccc7c56)cc2n4-c2ccc(-c4ccc(N(c5ccccc5)c5ccccc5)cc4)cc2)oc2ccccc23)cc1. The molecule has 0 radical (unpaired) electrons. The van der Waals surface area contributed by atoms with Crippen LogP contribution in [0.4, 0.5) is 17.1 Å². The number of benzene rings is 10. The van der Waals surface area contributed by atoms with Gasteiger partial charge in [0.15, 0.2) is 0 Å². The Balaban J connectivity index is 1.01. The number of fused-ring (bicyclic) bond motifs is 9. The van der Waals surface area contributed by atoms with Crippen LogP contribution in [0.3, 0.4) is 0 Å². The van der Waals surface area contributed by atoms with Crippen LogP contribution in [0.15, 0.2) is 239 Å². The number of hydrogen-bond acceptors (Lipinski definition) is 3. The smallest absolute Gasteiger partial charge is 0.138 e. The topological polar surface area (TPSA) is 34.5 Å². The minimum absolute atomic E-state index is 0.864. The van der Waals surface area contributed by atoms with E-state index in [1.165, 1.54) is 16.3 Å². The van der Waals surface area contributed by atoms with E-state index in [2.05, 4.69) is 222 Å². The molecule has 4 nitrogen and oxygen atoms in total. The molecular formula is C60H38N2O2. The van der Waals surface area contributed by atoms with Crippen molar-refractivity contribution in [3.05, 3.63) is 231 Å². The molecule has 64 heavy (non-hydrogen) atoms. The van der Waals surface area contributed by atoms with E-state index in [1.807, 2.05) is 18.2 Å². The summed E-state index contributed by atoms with van der Waals surface area (Å²) in [5, 5.41) is 6.85. The minimum atomic E-state index is 0.864. The Morgan fingerprint density at radius 3 is 1.52 bits per heavy atom. The molecule has 300 valence electrons. The second kappa shape index (κ2) is 14.5. The van der Waals surface area contributed by atoms with Crippen molar-refractivity contribution < 1.29 is 8.83 Å². The highest BCUT2D eigenvalue weighted by Crippen LogP contribution is 2.48. The van der Waals surface area contributed by atoms with Gasteiger partial charge in [-0.1, -0.05) is 152 Å². The van der Waals surface area contributed by atoms with E-state index in [9.17, 15) is 0 Å². The molecule has 13 rings (SSSR count). The van der Waals surface area contributed by atoms with Gasteiger partial charge in [-0.2, -0.15) is 0 Å². The second-order valence-electron chi connectivity index (χ2n) is 16.4. The fourth-order valence-electron chi connectivity index (χ4n) is 9.94. The normalized spacial score (nSPS) is 11.8. The average Bonchev–Trinajstić information content (AvgIpc) is 4.04. The molecule has 0 saturated carbocycles. The zero-order valence-electron chi connectivity index (χ0n) is 34.7. The lowest BCUT2D eigenvalue weighted by Crippen LogP contribution is -2.09. The van der Waals surface area contributed by atoms with Crippen molar-refractivity contribution in [1.29, 1.82) is 0 Å². The zero-order chi connectivity index (χ0) is 42.1. The van der Waals surface area contributed by atoms with E-state index in [-0.39, 0.29) is 0 Å². The number of hydrogen-bond donors (Lipinski definition) is 0. The molecule has 0 bridgehead atoms. The van der Waals surface area contributed by atoms with Crippen LogP contribution in [0.5, 0.6) is 0 Å². The third-order valence-electron chi connectivity index (χ3n) is 12.8. The van der Waals surface area contributed by atoms with E-state index >= 15 is 0 Å². The number of furan rings is 2. The third-order valence-corrected chi connectivity index (χ3v) is 12.8. The summed E-state index contributed by atoms with van der Waals surface area (Å²) in [4.78, 5) is 2.29. The molecule has 0 saturated heterocycles. The molecule has 3 aromatic heterocycles. The van der Waals surface area contributed by atoms with Crippen LogP contribution in [0.25, 0.3) is 105 Å². The second-order valence-corrected chi connectivity index (χ2v) is 16.4. The minimum Gasteiger partial charge on any atom is -0.456 e. The first kappa shape index (κ1) is 36.1. The van der Waals surface area contributed by atoms with Gasteiger partial charge in [-0.05, 0) is 101 Å². The van der Waals surface area contributed by atoms with E-state index in [0.717, 1.165) is 105 Å². The molecule has 0 atom stereocenters. The number of nitrogens with zero attached hydrogens (tertiary/aromatic N) is 2. The van der Waals surface area contributed by atoms with Gasteiger partial charge in [0.1, 0.15) is 22.3 Å². The lowest BCUT2D eigenvalue weighted by Gasteiger charge is -2.25. The molecular weight excluding hydrogens is 781 g/mol. The highest BCUT2D eigenvalue weighted by Gasteiger charge is 2.24. The van der Waals surface area contributed by atoms with Gasteiger partial charge in [0.25, 0.3) is 0 Å². The van der Waals surface area contributed by atoms with Gasteiger partial charge in [0, 0.05) is 66.7 Å². The largest absolute Gasteiger partial charge is 0.456 e. The fraction of sp³-hybridized carbons (Fsp3) is 0. The summed E-state index contributed by atoms with van der Waals surface area (Å²) in [7, 11) is 0. The molecule has 3 heterocycles. The number of aromatic nitrogens is 1. The van der Waals surface area contributed by atoms with Gasteiger partial charge in [0.05, 0.1) is 11.0 Å². The summed E-state index contributed by atoms with van der Waals surface area (Å²) >= 11 is 0. The quantitative estimate of drug-likeness (QED) is 0.161. The Bertz CT molecular complexity index is 3820. The van der Waals surface area contributed by atoms with Gasteiger partial charge in [0.2, 0.25) is 0 Å². The first-order chi connectivity index (χ1) is 31.7. The van der Waals surface area contributed by atoms with Crippen LogP contribution in [-0.2, 0) is 0 Å². The molecule has 0 aliphatic rings. The Morgan fingerprint density at radius 1 is 0.312 bits per heavy atom. The number of para-hydroxylation sites is 4. The molecule has 13 aromatic rings. The zero-order valence-corrected chi connectivity index (χ0v) is 34.7. The van der Waals surface area contributed by atoms with Crippen LogP contribution in [0.1, 0.15) is 0 Å². The van der Waals surface area contributed by atoms with Crippen molar-refractivity contribution in [2.45, 2.75) is 0 Å². The Kier molecular flexibility index (Phi) is 8.18. The summed E-state index contributed by atoms with van der Waals surface area (Å²) < 4.78 is 15.5. The van der Waals surface area contributed by atoms with Crippen molar-refractivity contribution in [3.63, 3.8) is 0 Å². The first-order valence-corrected chi connectivity index (χ1v) is 21.7. The monoisotopic (exact) mass is 818 g/mol. The van der Waals surface area contributed by atoms with Crippen LogP contribution in [0, 0.1) is 0 Å². The summed E-state index contributed by atoms with van der Waals surface area (Å²) in [6, 6.07) is 82.0. The first-order valence-electron chi connectivity index (χ1n) is 21.7. The maximum absolute atomic E-state index is 6.72. The highest BCUT2D eigenvalue weighted by atomic mass is 16.3. The number of rotatable bonds is 7. The van der Waals surface area contributed by atoms with Gasteiger partial charge in [-0.25, -0.2) is 0 Å². The Labute approximate surface area is 369 Å². The molecule has 4 heteroatoms. The third kappa shape index (κ3) is 5.70. The summed E-state index contributed by atoms with van der Waals surface area (Å²) in [5.74, 6) is 0. The molecule has 0 unspecified atom stereocenters. The fourth-order valence-corrected chi connectivity index (χ4v) is 9.94. The average molecular weight is 819 g/mol. The van der Waals surface area contributed by atoms with Crippen molar-refractivity contribution in [3.8, 4) is 39.1 Å². The number of anilines is 3. The molecule has 0 aliphatic heterocycles. The van der Waals surface area contributed by atoms with E-state index in [1.54, 1.807) is 0 Å². The highest BCUT2D eigenvalue weighted by molar-refractivity contribution is 6.27. The lowest BCUT2D eigenvalue weighted by atomic mass is 9.93. The van der Waals surface area contributed by atoms with Crippen LogP contribution >= 0.6 is 0 Å². The van der Waals surface area contributed by atoms with E-state index in [4.69, 9.17) is 8.83 Å². The molecule has 0 amide bonds. The van der Waals surface area contributed by atoms with Gasteiger partial charge < -0.3 is 18.3 Å². The van der Waals surface area contributed by atoms with Gasteiger partial charge >= 0.3 is 0 Å². The molecule has 0 spiro atoms. The van der Waals surface area contributed by atoms with Crippen molar-refractivity contribution in [2.75, 3.05) is 4.90 Å². The van der Waals surface area contributed by atoms with Crippen molar-refractivity contribution in [1.82, 2.24) is 4.57 Å². The van der Waals surface area contributed by atoms with Crippen molar-refractivity contribution >= 4 is 82.7 Å². The lowest BCUT2D eigenvalue weighted by molar-refractivity contribution is 0.668. The standard InChI is InChI=1S/C60H38N2O2/c1-4-15-41(16-5-1)57-59-48-36-31-42(47-23-14-26-55-58(47)49-21-10-12-24-53(49)63-55)37-51(48)62(52(59)38-56-60(57)50-22-11-13-25-54(50)64-56)46-34-29-40(30-35-46)39-27-32-45(33-28-39)61(43-17-6-2-7-18-43)44-19-8-3-9-20-44/h1-38H. The molecule has 0 aliphatic carbocycles. The van der Waals surface area contributed by atoms with Gasteiger partial charge in [-0.15, -0.1) is 0 Å². The van der Waals surface area contributed by atoms with Crippen LogP contribution < -0.4 is 4.90 Å². The maximum atomic E-state index is 6.72. The molecule has 10 aromatic carbocycles. The molecule has 0 fully saturated rings. The van der Waals surface area contributed by atoms with E-state index < -0.39 is 0 Å². The predicted octanol–water partition coefficient (Wildman–Crippen LogP) is 17.1. The van der Waals surface area contributed by atoms with Crippen LogP contribution in [0.2, 0.25) is 0 Å². The summed E-state index contributed by atoms with van der Waals surface area (Å²) in [6.07, 6.45) is 0. The van der Waals surface area contributed by atoms with Crippen molar-refractivity contribution in [2.24, 2.45) is 0 Å². The van der Waals surface area contributed by atoms with E-state index in [0.29, 0.717) is 0 Å².